The summed E-state index contributed by atoms with van der Waals surface area (Å²) in [5, 5.41) is 5.05. The van der Waals surface area contributed by atoms with E-state index in [-0.39, 0.29) is 6.03 Å². The van der Waals surface area contributed by atoms with E-state index in [4.69, 9.17) is 0 Å². The van der Waals surface area contributed by atoms with Gasteiger partial charge in [0.05, 0.1) is 6.20 Å². The summed E-state index contributed by atoms with van der Waals surface area (Å²) in [5.74, 6) is 0.420. The molecular formula is C8H10N4O. The van der Waals surface area contributed by atoms with Crippen LogP contribution in [0.5, 0.6) is 0 Å². The molecular weight excluding hydrogens is 168 g/mol. The average molecular weight is 178 g/mol. The van der Waals surface area contributed by atoms with Crippen LogP contribution in [0.3, 0.4) is 0 Å². The number of hydrogen-bond acceptors (Lipinski definition) is 3. The third-order valence-electron chi connectivity index (χ3n) is 1.21. The van der Waals surface area contributed by atoms with Gasteiger partial charge >= 0.3 is 6.03 Å². The first kappa shape index (κ1) is 9.18. The summed E-state index contributed by atoms with van der Waals surface area (Å²) in [4.78, 5) is 18.7. The van der Waals surface area contributed by atoms with Crippen LogP contribution < -0.4 is 10.6 Å². The number of aromatic nitrogens is 2. The molecule has 0 radical (unpaired) electrons. The maximum atomic E-state index is 11.0. The van der Waals surface area contributed by atoms with Crippen LogP contribution in [-0.2, 0) is 0 Å². The number of rotatable bonds is 3. The minimum absolute atomic E-state index is 0.319. The number of urea groups is 1. The first-order chi connectivity index (χ1) is 6.33. The number of nitrogens with zero attached hydrogens (tertiary/aromatic N) is 2. The highest BCUT2D eigenvalue weighted by atomic mass is 16.2. The molecule has 5 heteroatoms. The van der Waals surface area contributed by atoms with E-state index < -0.39 is 0 Å². The first-order valence-corrected chi connectivity index (χ1v) is 3.74. The summed E-state index contributed by atoms with van der Waals surface area (Å²) in [6, 6.07) is -0.319. The van der Waals surface area contributed by atoms with Gasteiger partial charge in [-0.25, -0.2) is 9.78 Å². The average Bonchev–Trinajstić information content (AvgIpc) is 2.16. The fraction of sp³-hybridized carbons (Fsp3) is 0.125. The van der Waals surface area contributed by atoms with Crippen LogP contribution >= 0.6 is 0 Å². The summed E-state index contributed by atoms with van der Waals surface area (Å²) < 4.78 is 0. The van der Waals surface area contributed by atoms with Crippen LogP contribution in [0.25, 0.3) is 0 Å². The van der Waals surface area contributed by atoms with Crippen molar-refractivity contribution in [2.45, 2.75) is 0 Å². The molecule has 0 aliphatic heterocycles. The van der Waals surface area contributed by atoms with Gasteiger partial charge < -0.3 is 5.32 Å². The lowest BCUT2D eigenvalue weighted by atomic mass is 10.6. The van der Waals surface area contributed by atoms with Gasteiger partial charge in [0.1, 0.15) is 0 Å². The van der Waals surface area contributed by atoms with Crippen molar-refractivity contribution in [1.29, 1.82) is 0 Å². The van der Waals surface area contributed by atoms with E-state index >= 15 is 0 Å². The molecule has 0 unspecified atom stereocenters. The standard InChI is InChI=1S/C8H10N4O/c1-2-3-11-8(13)12-7-6-9-4-5-10-7/h2,4-6H,1,3H2,(H2,10,11,12,13). The Hall–Kier alpha value is -1.91. The maximum Gasteiger partial charge on any atom is 0.320 e. The van der Waals surface area contributed by atoms with Crippen molar-refractivity contribution in [3.05, 3.63) is 31.2 Å². The Balaban J connectivity index is 2.41. The van der Waals surface area contributed by atoms with E-state index in [1.807, 2.05) is 0 Å². The highest BCUT2D eigenvalue weighted by Crippen LogP contribution is 1.95. The highest BCUT2D eigenvalue weighted by Gasteiger charge is 1.98. The number of carbonyl (C=O) groups is 1. The molecule has 0 fully saturated rings. The number of amides is 2. The van der Waals surface area contributed by atoms with Crippen molar-refractivity contribution in [3.63, 3.8) is 0 Å². The van der Waals surface area contributed by atoms with E-state index in [1.165, 1.54) is 18.6 Å². The van der Waals surface area contributed by atoms with Crippen molar-refractivity contribution in [3.8, 4) is 0 Å². The molecule has 0 atom stereocenters. The first-order valence-electron chi connectivity index (χ1n) is 3.74. The minimum atomic E-state index is -0.319. The van der Waals surface area contributed by atoms with Crippen molar-refractivity contribution < 1.29 is 4.79 Å². The Labute approximate surface area is 75.9 Å². The summed E-state index contributed by atoms with van der Waals surface area (Å²) in [6.45, 7) is 3.89. The lowest BCUT2D eigenvalue weighted by Gasteiger charge is -2.03. The van der Waals surface area contributed by atoms with Crippen molar-refractivity contribution >= 4 is 11.8 Å². The summed E-state index contributed by atoms with van der Waals surface area (Å²) in [6.07, 6.45) is 6.10. The second-order valence-electron chi connectivity index (χ2n) is 2.21. The van der Waals surface area contributed by atoms with Crippen molar-refractivity contribution in [2.75, 3.05) is 11.9 Å². The summed E-state index contributed by atoms with van der Waals surface area (Å²) in [5.41, 5.74) is 0. The zero-order valence-electron chi connectivity index (χ0n) is 7.03. The molecule has 1 heterocycles. The van der Waals surface area contributed by atoms with Gasteiger partial charge in [-0.2, -0.15) is 0 Å². The van der Waals surface area contributed by atoms with Crippen LogP contribution in [0.15, 0.2) is 31.2 Å². The zero-order chi connectivity index (χ0) is 9.52. The van der Waals surface area contributed by atoms with Crippen molar-refractivity contribution in [2.24, 2.45) is 0 Å². The normalized spacial score (nSPS) is 8.92. The maximum absolute atomic E-state index is 11.0. The molecule has 0 saturated heterocycles. The highest BCUT2D eigenvalue weighted by molar-refractivity contribution is 5.87. The van der Waals surface area contributed by atoms with Crippen molar-refractivity contribution in [1.82, 2.24) is 15.3 Å². The van der Waals surface area contributed by atoms with Gasteiger partial charge in [-0.1, -0.05) is 6.08 Å². The topological polar surface area (TPSA) is 66.9 Å². The van der Waals surface area contributed by atoms with Crippen LogP contribution in [0.4, 0.5) is 10.6 Å². The van der Waals surface area contributed by atoms with Gasteiger partial charge in [-0.15, -0.1) is 6.58 Å². The zero-order valence-corrected chi connectivity index (χ0v) is 7.03. The van der Waals surface area contributed by atoms with E-state index in [1.54, 1.807) is 6.08 Å². The Kier molecular flexibility index (Phi) is 3.44. The fourth-order valence-corrected chi connectivity index (χ4v) is 0.689. The monoisotopic (exact) mass is 178 g/mol. The molecule has 1 aromatic heterocycles. The Morgan fingerprint density at radius 1 is 1.62 bits per heavy atom. The molecule has 2 amide bonds. The van der Waals surface area contributed by atoms with Gasteiger partial charge in [0, 0.05) is 18.9 Å². The molecule has 5 nitrogen and oxygen atoms in total. The van der Waals surface area contributed by atoms with Gasteiger partial charge in [0.2, 0.25) is 0 Å². The third-order valence-corrected chi connectivity index (χ3v) is 1.21. The van der Waals surface area contributed by atoms with Crippen LogP contribution in [-0.4, -0.2) is 22.5 Å². The second kappa shape index (κ2) is 4.87. The molecule has 68 valence electrons. The largest absolute Gasteiger partial charge is 0.334 e. The molecule has 0 aliphatic rings. The number of nitrogens with one attached hydrogen (secondary N) is 2. The molecule has 0 aromatic carbocycles. The Morgan fingerprint density at radius 2 is 2.46 bits per heavy atom. The smallest absolute Gasteiger partial charge is 0.320 e. The van der Waals surface area contributed by atoms with E-state index in [9.17, 15) is 4.79 Å². The lowest BCUT2D eigenvalue weighted by molar-refractivity contribution is 0.253. The SMILES string of the molecule is C=CCNC(=O)Nc1cnccn1. The number of hydrogen-bond donors (Lipinski definition) is 2. The van der Waals surface area contributed by atoms with Gasteiger partial charge in [0.15, 0.2) is 5.82 Å². The third kappa shape index (κ3) is 3.33. The van der Waals surface area contributed by atoms with Crippen LogP contribution in [0, 0.1) is 0 Å². The molecule has 0 aliphatic carbocycles. The Bertz CT molecular complexity index is 285. The van der Waals surface area contributed by atoms with Crippen LogP contribution in [0.2, 0.25) is 0 Å². The quantitative estimate of drug-likeness (QED) is 0.672. The van der Waals surface area contributed by atoms with E-state index in [0.29, 0.717) is 12.4 Å². The van der Waals surface area contributed by atoms with E-state index in [0.717, 1.165) is 0 Å². The predicted molar refractivity (Wildman–Crippen MR) is 49.3 cm³/mol. The number of anilines is 1. The predicted octanol–water partition coefficient (Wildman–Crippen LogP) is 0.784. The van der Waals surface area contributed by atoms with Gasteiger partial charge in [0.25, 0.3) is 0 Å². The molecule has 0 spiro atoms. The fourth-order valence-electron chi connectivity index (χ4n) is 0.689. The lowest BCUT2D eigenvalue weighted by Crippen LogP contribution is -2.28. The van der Waals surface area contributed by atoms with Gasteiger partial charge in [-0.05, 0) is 0 Å². The molecule has 1 aromatic rings. The molecule has 0 saturated carbocycles. The molecule has 2 N–H and O–H groups in total. The Morgan fingerprint density at radius 3 is 3.08 bits per heavy atom. The second-order valence-corrected chi connectivity index (χ2v) is 2.21. The molecule has 13 heavy (non-hydrogen) atoms. The summed E-state index contributed by atoms with van der Waals surface area (Å²) >= 11 is 0. The summed E-state index contributed by atoms with van der Waals surface area (Å²) in [7, 11) is 0. The minimum Gasteiger partial charge on any atom is -0.334 e. The van der Waals surface area contributed by atoms with Gasteiger partial charge in [-0.3, -0.25) is 10.3 Å². The number of carbonyl (C=O) groups excluding carboxylic acids is 1. The van der Waals surface area contributed by atoms with Crippen LogP contribution in [0.1, 0.15) is 0 Å². The van der Waals surface area contributed by atoms with E-state index in [2.05, 4.69) is 27.2 Å². The molecule has 0 bridgehead atoms. The molecule has 1 rings (SSSR count).